The van der Waals surface area contributed by atoms with Crippen LogP contribution < -0.4 is 5.32 Å². The number of amides is 1. The molecule has 216 valence electrons. The summed E-state index contributed by atoms with van der Waals surface area (Å²) in [6, 6.07) is 17.5. The molecule has 5 rings (SSSR count). The molecule has 3 heterocycles. The molecule has 0 aliphatic heterocycles. The number of anilines is 1. The lowest BCUT2D eigenvalue weighted by Crippen LogP contribution is -2.30. The van der Waals surface area contributed by atoms with Crippen LogP contribution in [0.25, 0.3) is 11.4 Å². The quantitative estimate of drug-likeness (QED) is 0.152. The van der Waals surface area contributed by atoms with Crippen LogP contribution in [0.4, 0.5) is 18.9 Å². The van der Waals surface area contributed by atoms with E-state index in [-0.39, 0.29) is 30.3 Å². The number of benzene rings is 2. The molecule has 12 heteroatoms. The van der Waals surface area contributed by atoms with E-state index in [9.17, 15) is 23.1 Å². The van der Waals surface area contributed by atoms with Crippen molar-refractivity contribution in [3.8, 4) is 11.4 Å². The van der Waals surface area contributed by atoms with Crippen LogP contribution in [0.15, 0.2) is 90.0 Å². The first kappa shape index (κ1) is 29.1. The van der Waals surface area contributed by atoms with Crippen molar-refractivity contribution in [2.45, 2.75) is 31.2 Å². The van der Waals surface area contributed by atoms with E-state index in [1.165, 1.54) is 35.9 Å². The molecule has 0 fully saturated rings. The Labute approximate surface area is 243 Å². The summed E-state index contributed by atoms with van der Waals surface area (Å²) < 4.78 is 46.3. The fraction of sp³-hybridized carbons (Fsp3) is 0.200. The minimum atomic E-state index is -4.58. The molecule has 5 aromatic rings. The minimum Gasteiger partial charge on any atom is -0.377 e. The number of ether oxygens (including phenoxy) is 1. The summed E-state index contributed by atoms with van der Waals surface area (Å²) in [6.07, 6.45) is -1.20. The van der Waals surface area contributed by atoms with Gasteiger partial charge in [0.15, 0.2) is 0 Å². The van der Waals surface area contributed by atoms with Gasteiger partial charge in [-0.2, -0.15) is 13.2 Å². The third-order valence-electron chi connectivity index (χ3n) is 6.52. The number of halogens is 3. The van der Waals surface area contributed by atoms with Crippen molar-refractivity contribution < 1.29 is 27.8 Å². The minimum absolute atomic E-state index is 0.0467. The van der Waals surface area contributed by atoms with Gasteiger partial charge in [-0.15, -0.1) is 11.3 Å². The number of carbonyl (C=O) groups excluding carboxylic acids is 1. The molecule has 1 atom stereocenters. The van der Waals surface area contributed by atoms with E-state index in [4.69, 9.17) is 4.74 Å². The molecule has 0 bridgehead atoms. The summed E-state index contributed by atoms with van der Waals surface area (Å²) in [4.78, 5) is 28.0. The van der Waals surface area contributed by atoms with Crippen molar-refractivity contribution in [2.75, 3.05) is 11.9 Å². The highest BCUT2D eigenvalue weighted by Gasteiger charge is 2.37. The molecular weight excluding hydrogens is 567 g/mol. The zero-order chi connectivity index (χ0) is 29.6. The molecule has 0 spiro atoms. The Morgan fingerprint density at radius 2 is 1.81 bits per heavy atom. The van der Waals surface area contributed by atoms with Crippen LogP contribution in [-0.4, -0.2) is 37.6 Å². The van der Waals surface area contributed by atoms with Crippen LogP contribution in [0.2, 0.25) is 0 Å². The average Bonchev–Trinajstić information content (AvgIpc) is 3.71. The Morgan fingerprint density at radius 1 is 1.00 bits per heavy atom. The van der Waals surface area contributed by atoms with Crippen LogP contribution in [0.3, 0.4) is 0 Å². The number of hydrogen-bond donors (Lipinski definition) is 3. The Bertz CT molecular complexity index is 1610. The molecule has 1 unspecified atom stereocenters. The lowest BCUT2D eigenvalue weighted by molar-refractivity contribution is -0.137. The number of aromatic nitrogens is 4. The smallest absolute Gasteiger partial charge is 0.377 e. The lowest BCUT2D eigenvalue weighted by Gasteiger charge is -2.27. The number of carbonyl (C=O) groups is 1. The second-order valence-corrected chi connectivity index (χ2v) is 10.2. The Balaban J connectivity index is 1.34. The van der Waals surface area contributed by atoms with Gasteiger partial charge in [-0.1, -0.05) is 42.5 Å². The number of imidazole rings is 1. The normalized spacial score (nSPS) is 13.0. The maximum atomic E-state index is 13.5. The SMILES string of the molecule is O=C(Nc1ccc(-c2c[nH]c(C(O)(CCCOCc3ccccc3)c3cccc(C(F)(F)F)c3)n2)nc1)c1cscn1. The van der Waals surface area contributed by atoms with Crippen LogP contribution >= 0.6 is 11.3 Å². The number of pyridine rings is 1. The number of aromatic amines is 1. The van der Waals surface area contributed by atoms with Gasteiger partial charge in [-0.25, -0.2) is 9.97 Å². The maximum absolute atomic E-state index is 13.5. The molecule has 3 aromatic heterocycles. The third kappa shape index (κ3) is 6.90. The molecule has 42 heavy (non-hydrogen) atoms. The Kier molecular flexibility index (Phi) is 8.76. The topological polar surface area (TPSA) is 113 Å². The molecule has 0 aliphatic rings. The molecular formula is C30H26F3N5O3S. The van der Waals surface area contributed by atoms with Crippen molar-refractivity contribution >= 4 is 22.9 Å². The van der Waals surface area contributed by atoms with E-state index in [1.54, 1.807) is 23.0 Å². The number of hydrogen-bond acceptors (Lipinski definition) is 7. The standard InChI is InChI=1S/C30H26F3N5O3S/c31-30(32,33)22-9-4-8-21(14-22)29(40,12-5-13-41-17-20-6-2-1-3-7-20)28-35-16-25(38-28)24-11-10-23(15-34-24)37-27(39)26-18-42-19-36-26/h1-4,6-11,14-16,18-19,40H,5,12-13,17H2,(H,35,38)(H,37,39). The Hall–Kier alpha value is -4.39. The first-order valence-electron chi connectivity index (χ1n) is 13.0. The highest BCUT2D eigenvalue weighted by atomic mass is 32.1. The highest BCUT2D eigenvalue weighted by molar-refractivity contribution is 7.07. The fourth-order valence-corrected chi connectivity index (χ4v) is 4.88. The van der Waals surface area contributed by atoms with E-state index >= 15 is 0 Å². The van der Waals surface area contributed by atoms with Gasteiger partial charge in [0.25, 0.3) is 5.91 Å². The number of rotatable bonds is 11. The van der Waals surface area contributed by atoms with Gasteiger partial charge in [0.05, 0.1) is 35.3 Å². The van der Waals surface area contributed by atoms with E-state index in [0.717, 1.165) is 17.7 Å². The summed E-state index contributed by atoms with van der Waals surface area (Å²) in [5, 5.41) is 16.2. The van der Waals surface area contributed by atoms with Gasteiger partial charge in [-0.3, -0.25) is 9.78 Å². The number of H-pyrrole nitrogens is 1. The summed E-state index contributed by atoms with van der Waals surface area (Å²) in [6.45, 7) is 0.652. The predicted octanol–water partition coefficient (Wildman–Crippen LogP) is 6.43. The average molecular weight is 594 g/mol. The van der Waals surface area contributed by atoms with Gasteiger partial charge in [0.1, 0.15) is 22.8 Å². The predicted molar refractivity (Wildman–Crippen MR) is 152 cm³/mol. The summed E-state index contributed by atoms with van der Waals surface area (Å²) in [7, 11) is 0. The van der Waals surface area contributed by atoms with Crippen LogP contribution in [0.1, 0.15) is 45.8 Å². The second kappa shape index (κ2) is 12.6. The van der Waals surface area contributed by atoms with Crippen LogP contribution in [-0.2, 0) is 23.1 Å². The highest BCUT2D eigenvalue weighted by Crippen LogP contribution is 2.37. The van der Waals surface area contributed by atoms with Crippen molar-refractivity contribution in [3.63, 3.8) is 0 Å². The molecule has 3 N–H and O–H groups in total. The maximum Gasteiger partial charge on any atom is 0.416 e. The molecule has 1 amide bonds. The first-order valence-corrected chi connectivity index (χ1v) is 13.9. The Morgan fingerprint density at radius 3 is 2.52 bits per heavy atom. The van der Waals surface area contributed by atoms with Gasteiger partial charge < -0.3 is 20.1 Å². The number of nitrogens with zero attached hydrogens (tertiary/aromatic N) is 3. The lowest BCUT2D eigenvalue weighted by atomic mass is 9.87. The monoisotopic (exact) mass is 593 g/mol. The molecule has 0 saturated heterocycles. The van der Waals surface area contributed by atoms with Crippen molar-refractivity contribution in [1.82, 2.24) is 19.9 Å². The van der Waals surface area contributed by atoms with Crippen molar-refractivity contribution in [3.05, 3.63) is 118 Å². The first-order chi connectivity index (χ1) is 20.2. The summed E-state index contributed by atoms with van der Waals surface area (Å²) in [5.74, 6) is -0.297. The van der Waals surface area contributed by atoms with E-state index < -0.39 is 17.3 Å². The summed E-state index contributed by atoms with van der Waals surface area (Å²) >= 11 is 1.31. The second-order valence-electron chi connectivity index (χ2n) is 9.47. The number of thiazole rings is 1. The van der Waals surface area contributed by atoms with Crippen molar-refractivity contribution in [1.29, 1.82) is 0 Å². The molecule has 0 aliphatic carbocycles. The van der Waals surface area contributed by atoms with Crippen molar-refractivity contribution in [2.24, 2.45) is 0 Å². The zero-order valence-electron chi connectivity index (χ0n) is 22.1. The summed E-state index contributed by atoms with van der Waals surface area (Å²) in [5.41, 5.74) is 1.40. The van der Waals surface area contributed by atoms with Gasteiger partial charge in [0.2, 0.25) is 0 Å². The van der Waals surface area contributed by atoms with E-state index in [2.05, 4.69) is 25.3 Å². The van der Waals surface area contributed by atoms with Gasteiger partial charge >= 0.3 is 6.18 Å². The molecule has 0 saturated carbocycles. The molecule has 0 radical (unpaired) electrons. The van der Waals surface area contributed by atoms with Gasteiger partial charge in [0, 0.05) is 18.2 Å². The fourth-order valence-electron chi connectivity index (χ4n) is 4.35. The third-order valence-corrected chi connectivity index (χ3v) is 7.11. The molecule has 2 aromatic carbocycles. The van der Waals surface area contributed by atoms with Crippen LogP contribution in [0.5, 0.6) is 0 Å². The number of alkyl halides is 3. The van der Waals surface area contributed by atoms with Gasteiger partial charge in [-0.05, 0) is 48.2 Å². The van der Waals surface area contributed by atoms with E-state index in [0.29, 0.717) is 35.8 Å². The molecule has 8 nitrogen and oxygen atoms in total. The number of aliphatic hydroxyl groups is 1. The zero-order valence-corrected chi connectivity index (χ0v) is 23.0. The van der Waals surface area contributed by atoms with Crippen LogP contribution in [0, 0.1) is 0 Å². The number of nitrogens with one attached hydrogen (secondary N) is 2. The largest absolute Gasteiger partial charge is 0.416 e. The van der Waals surface area contributed by atoms with E-state index in [1.807, 2.05) is 30.3 Å².